The first-order chi connectivity index (χ1) is 9.78. The molecule has 0 radical (unpaired) electrons. The Morgan fingerprint density at radius 3 is 2.52 bits per heavy atom. The van der Waals surface area contributed by atoms with Gasteiger partial charge in [0.15, 0.2) is 0 Å². The smallest absolute Gasteiger partial charge is 0.328 e. The summed E-state index contributed by atoms with van der Waals surface area (Å²) in [5, 5.41) is 7.18. The second kappa shape index (κ2) is 4.54. The summed E-state index contributed by atoms with van der Waals surface area (Å²) in [5.74, 6) is -1.10. The molecule has 2 amide bonds. The predicted molar refractivity (Wildman–Crippen MR) is 75.6 cm³/mol. The maximum Gasteiger partial charge on any atom is 0.328 e. The Morgan fingerprint density at radius 2 is 1.86 bits per heavy atom. The van der Waals surface area contributed by atoms with E-state index in [1.54, 1.807) is 4.90 Å². The van der Waals surface area contributed by atoms with Crippen LogP contribution in [0, 0.1) is 10.8 Å². The highest BCUT2D eigenvalue weighted by Crippen LogP contribution is 2.52. The maximum atomic E-state index is 12.4. The Morgan fingerprint density at radius 1 is 1.19 bits per heavy atom. The number of amides is 2. The van der Waals surface area contributed by atoms with E-state index in [1.165, 1.54) is 17.3 Å². The van der Waals surface area contributed by atoms with E-state index >= 15 is 0 Å². The molecule has 2 aliphatic rings. The van der Waals surface area contributed by atoms with Crippen LogP contribution < -0.4 is 5.43 Å². The van der Waals surface area contributed by atoms with Crippen LogP contribution in [0.25, 0.3) is 0 Å². The molecule has 7 heteroatoms. The lowest BCUT2D eigenvalue weighted by molar-refractivity contribution is -0.144. The first-order valence-electron chi connectivity index (χ1n) is 7.25. The second-order valence-corrected chi connectivity index (χ2v) is 7.46. The maximum absolute atomic E-state index is 12.4. The van der Waals surface area contributed by atoms with E-state index in [4.69, 9.17) is 0 Å². The van der Waals surface area contributed by atoms with Crippen LogP contribution >= 0.6 is 0 Å². The van der Waals surface area contributed by atoms with Gasteiger partial charge in [-0.2, -0.15) is 0 Å². The number of aromatic nitrogens is 3. The van der Waals surface area contributed by atoms with Crippen molar-refractivity contribution in [2.24, 2.45) is 10.8 Å². The zero-order valence-corrected chi connectivity index (χ0v) is 12.7. The Hall–Kier alpha value is -1.92. The van der Waals surface area contributed by atoms with E-state index in [-0.39, 0.29) is 16.9 Å². The van der Waals surface area contributed by atoms with Gasteiger partial charge in [-0.05, 0) is 30.1 Å². The summed E-state index contributed by atoms with van der Waals surface area (Å²) in [4.78, 5) is 26.2. The molecule has 2 bridgehead atoms. The number of carbonyl (C=O) groups excluding carboxylic acids is 2. The number of carbonyl (C=O) groups is 2. The average molecular weight is 291 g/mol. The van der Waals surface area contributed by atoms with E-state index in [9.17, 15) is 9.59 Å². The average Bonchev–Trinajstić information content (AvgIpc) is 2.93. The van der Waals surface area contributed by atoms with Crippen LogP contribution in [-0.4, -0.2) is 44.2 Å². The Kier molecular flexibility index (Phi) is 3.04. The van der Waals surface area contributed by atoms with Crippen molar-refractivity contribution in [1.29, 1.82) is 0 Å². The highest BCUT2D eigenvalue weighted by atomic mass is 16.2. The van der Waals surface area contributed by atoms with Gasteiger partial charge in [0, 0.05) is 12.6 Å². The van der Waals surface area contributed by atoms with Gasteiger partial charge in [-0.3, -0.25) is 15.0 Å². The number of hydrogen-bond acceptors (Lipinski definition) is 4. The lowest BCUT2D eigenvalue weighted by Crippen LogP contribution is -2.44. The highest BCUT2D eigenvalue weighted by Gasteiger charge is 2.51. The number of rotatable bonds is 1. The quantitative estimate of drug-likeness (QED) is 0.775. The minimum atomic E-state index is -0.635. The minimum absolute atomic E-state index is 0.124. The van der Waals surface area contributed by atoms with Gasteiger partial charge in [-0.25, -0.2) is 4.68 Å². The van der Waals surface area contributed by atoms with Crippen molar-refractivity contribution in [1.82, 2.24) is 19.8 Å². The van der Waals surface area contributed by atoms with Crippen molar-refractivity contribution in [2.45, 2.75) is 46.1 Å². The Bertz CT molecular complexity index is 568. The molecule has 0 aromatic carbocycles. The van der Waals surface area contributed by atoms with Crippen molar-refractivity contribution >= 4 is 11.8 Å². The van der Waals surface area contributed by atoms with Crippen molar-refractivity contribution in [3.05, 3.63) is 12.7 Å². The van der Waals surface area contributed by atoms with Gasteiger partial charge >= 0.3 is 11.8 Å². The molecule has 0 spiro atoms. The van der Waals surface area contributed by atoms with Gasteiger partial charge in [0.1, 0.15) is 12.7 Å². The molecule has 3 rings (SSSR count). The molecule has 1 aromatic rings. The summed E-state index contributed by atoms with van der Waals surface area (Å²) < 4.78 is 1.29. The summed E-state index contributed by atoms with van der Waals surface area (Å²) in [5.41, 5.74) is 2.82. The van der Waals surface area contributed by atoms with E-state index in [1.807, 2.05) is 0 Å². The molecule has 1 saturated carbocycles. The van der Waals surface area contributed by atoms with Crippen molar-refractivity contribution < 1.29 is 9.59 Å². The molecule has 1 aliphatic heterocycles. The lowest BCUT2D eigenvalue weighted by Gasteiger charge is -2.39. The first kappa shape index (κ1) is 14.0. The number of fused-ring (bicyclic) bond motifs is 2. The minimum Gasteiger partial charge on any atom is -0.331 e. The zero-order chi connectivity index (χ0) is 15.3. The second-order valence-electron chi connectivity index (χ2n) is 7.46. The normalized spacial score (nSPS) is 30.2. The van der Waals surface area contributed by atoms with Gasteiger partial charge in [0.2, 0.25) is 0 Å². The summed E-state index contributed by atoms with van der Waals surface area (Å²) in [6.07, 6.45) is 5.72. The summed E-state index contributed by atoms with van der Waals surface area (Å²) in [7, 11) is 0. The largest absolute Gasteiger partial charge is 0.331 e. The molecule has 114 valence electrons. The van der Waals surface area contributed by atoms with Crippen LogP contribution in [0.5, 0.6) is 0 Å². The molecular formula is C14H21N5O2. The summed E-state index contributed by atoms with van der Waals surface area (Å²) in [6, 6.07) is 0.165. The van der Waals surface area contributed by atoms with Crippen molar-refractivity contribution in [2.75, 3.05) is 12.0 Å². The third kappa shape index (κ3) is 2.64. The molecule has 2 heterocycles. The van der Waals surface area contributed by atoms with Crippen LogP contribution in [0.4, 0.5) is 0 Å². The molecular weight excluding hydrogens is 270 g/mol. The van der Waals surface area contributed by atoms with Crippen molar-refractivity contribution in [3.63, 3.8) is 0 Å². The first-order valence-corrected chi connectivity index (χ1v) is 7.25. The van der Waals surface area contributed by atoms with Gasteiger partial charge in [0.05, 0.1) is 0 Å². The SMILES string of the molecule is CC1(C)CC2CC(C)(CN2C(=O)C(=O)Nn2cnnc2)C1. The predicted octanol–water partition coefficient (Wildman–Crippen LogP) is 0.775. The fourth-order valence-corrected chi connectivity index (χ4v) is 4.25. The molecule has 1 N–H and O–H groups in total. The van der Waals surface area contributed by atoms with E-state index < -0.39 is 11.8 Å². The topological polar surface area (TPSA) is 80.1 Å². The fraction of sp³-hybridized carbons (Fsp3) is 0.714. The monoisotopic (exact) mass is 291 g/mol. The Balaban J connectivity index is 1.72. The van der Waals surface area contributed by atoms with Gasteiger partial charge in [-0.15, -0.1) is 10.2 Å². The van der Waals surface area contributed by atoms with Crippen LogP contribution in [0.2, 0.25) is 0 Å². The Labute approximate surface area is 123 Å². The molecule has 21 heavy (non-hydrogen) atoms. The molecule has 7 nitrogen and oxygen atoms in total. The molecule has 2 atom stereocenters. The van der Waals surface area contributed by atoms with Crippen LogP contribution in [0.1, 0.15) is 40.0 Å². The molecule has 1 aromatic heterocycles. The molecule has 2 unspecified atom stereocenters. The molecule has 1 saturated heterocycles. The van der Waals surface area contributed by atoms with E-state index in [0.29, 0.717) is 6.54 Å². The number of nitrogens with one attached hydrogen (secondary N) is 1. The number of hydrogen-bond donors (Lipinski definition) is 1. The van der Waals surface area contributed by atoms with Gasteiger partial charge in [0.25, 0.3) is 0 Å². The van der Waals surface area contributed by atoms with Gasteiger partial charge in [-0.1, -0.05) is 20.8 Å². The fourth-order valence-electron chi connectivity index (χ4n) is 4.25. The third-order valence-corrected chi connectivity index (χ3v) is 4.52. The molecule has 1 aliphatic carbocycles. The highest BCUT2D eigenvalue weighted by molar-refractivity contribution is 6.38. The van der Waals surface area contributed by atoms with Crippen LogP contribution in [0.15, 0.2) is 12.7 Å². The standard InChI is InChI=1S/C14H21N5O2/c1-13(2)4-10-5-14(3,6-13)7-19(10)12(21)11(20)17-18-8-15-16-9-18/h8-10H,4-7H2,1-3H3,(H,17,20). The zero-order valence-electron chi connectivity index (χ0n) is 12.7. The van der Waals surface area contributed by atoms with Gasteiger partial charge < -0.3 is 4.90 Å². The van der Waals surface area contributed by atoms with Crippen LogP contribution in [-0.2, 0) is 9.59 Å². The van der Waals surface area contributed by atoms with E-state index in [2.05, 4.69) is 36.4 Å². The van der Waals surface area contributed by atoms with E-state index in [0.717, 1.165) is 19.3 Å². The molecule has 2 fully saturated rings. The van der Waals surface area contributed by atoms with Crippen molar-refractivity contribution in [3.8, 4) is 0 Å². The summed E-state index contributed by atoms with van der Waals surface area (Å²) in [6.45, 7) is 7.35. The number of nitrogens with zero attached hydrogens (tertiary/aromatic N) is 4. The summed E-state index contributed by atoms with van der Waals surface area (Å²) >= 11 is 0. The lowest BCUT2D eigenvalue weighted by atomic mass is 9.65. The van der Waals surface area contributed by atoms with Crippen LogP contribution in [0.3, 0.4) is 0 Å². The number of likely N-dealkylation sites (tertiary alicyclic amines) is 1. The third-order valence-electron chi connectivity index (χ3n) is 4.52.